The number of benzene rings is 2. The summed E-state index contributed by atoms with van der Waals surface area (Å²) in [4.78, 5) is 0. The van der Waals surface area contributed by atoms with Crippen molar-refractivity contribution in [1.29, 1.82) is 0 Å². The Balaban J connectivity index is 2.05. The lowest BCUT2D eigenvalue weighted by Gasteiger charge is -2.07. The van der Waals surface area contributed by atoms with Gasteiger partial charge in [0, 0.05) is 12.2 Å². The molecule has 0 unspecified atom stereocenters. The highest BCUT2D eigenvalue weighted by Crippen LogP contribution is 2.25. The second kappa shape index (κ2) is 5.39. The summed E-state index contributed by atoms with van der Waals surface area (Å²) in [6, 6.07) is 11.7. The van der Waals surface area contributed by atoms with E-state index < -0.39 is 0 Å². The van der Waals surface area contributed by atoms with Crippen LogP contribution in [0.4, 0.5) is 10.1 Å². The number of hydrogen-bond acceptors (Lipinski definition) is 1. The minimum absolute atomic E-state index is 0.238. The standard InChI is InChI=1S/C13H10Cl2FN/c14-12-5-4-11(7-13(12)15)17-8-9-2-1-3-10(16)6-9/h1-7,17H,8H2. The van der Waals surface area contributed by atoms with Gasteiger partial charge in [-0.2, -0.15) is 0 Å². The Morgan fingerprint density at radius 1 is 1.00 bits per heavy atom. The van der Waals surface area contributed by atoms with E-state index in [1.807, 2.05) is 12.1 Å². The first kappa shape index (κ1) is 12.2. The Labute approximate surface area is 109 Å². The molecule has 0 aliphatic carbocycles. The fraction of sp³-hybridized carbons (Fsp3) is 0.0769. The van der Waals surface area contributed by atoms with Crippen molar-refractivity contribution in [2.75, 3.05) is 5.32 Å². The lowest BCUT2D eigenvalue weighted by Crippen LogP contribution is -1.99. The topological polar surface area (TPSA) is 12.0 Å². The molecule has 88 valence electrons. The molecular formula is C13H10Cl2FN. The summed E-state index contributed by atoms with van der Waals surface area (Å²) in [6.45, 7) is 0.537. The van der Waals surface area contributed by atoms with Gasteiger partial charge in [0.2, 0.25) is 0 Å². The van der Waals surface area contributed by atoms with E-state index in [9.17, 15) is 4.39 Å². The molecule has 0 saturated carbocycles. The molecule has 1 N–H and O–H groups in total. The molecule has 2 aromatic carbocycles. The minimum atomic E-state index is -0.238. The lowest BCUT2D eigenvalue weighted by molar-refractivity contribution is 0.626. The van der Waals surface area contributed by atoms with Crippen molar-refractivity contribution in [1.82, 2.24) is 0 Å². The maximum Gasteiger partial charge on any atom is 0.123 e. The molecule has 0 aromatic heterocycles. The summed E-state index contributed by atoms with van der Waals surface area (Å²) in [7, 11) is 0. The predicted molar refractivity (Wildman–Crippen MR) is 70.2 cm³/mol. The first-order valence-electron chi connectivity index (χ1n) is 5.08. The highest BCUT2D eigenvalue weighted by Gasteiger charge is 2.00. The molecule has 0 heterocycles. The zero-order valence-electron chi connectivity index (χ0n) is 8.88. The summed E-state index contributed by atoms with van der Waals surface area (Å²) in [5.41, 5.74) is 1.72. The number of halogens is 3. The van der Waals surface area contributed by atoms with Crippen molar-refractivity contribution in [3.05, 3.63) is 63.9 Å². The van der Waals surface area contributed by atoms with E-state index in [1.54, 1.807) is 18.2 Å². The van der Waals surface area contributed by atoms with Gasteiger partial charge in [0.15, 0.2) is 0 Å². The molecule has 0 atom stereocenters. The number of nitrogens with one attached hydrogen (secondary N) is 1. The van der Waals surface area contributed by atoms with Gasteiger partial charge in [-0.05, 0) is 35.9 Å². The zero-order valence-corrected chi connectivity index (χ0v) is 10.4. The summed E-state index contributed by atoms with van der Waals surface area (Å²) in [5.74, 6) is -0.238. The number of anilines is 1. The maximum atomic E-state index is 12.9. The number of hydrogen-bond donors (Lipinski definition) is 1. The molecule has 0 spiro atoms. The molecule has 2 aromatic rings. The van der Waals surface area contributed by atoms with Crippen LogP contribution in [0.2, 0.25) is 10.0 Å². The van der Waals surface area contributed by atoms with Crippen LogP contribution in [0, 0.1) is 5.82 Å². The van der Waals surface area contributed by atoms with Gasteiger partial charge in [-0.1, -0.05) is 35.3 Å². The highest BCUT2D eigenvalue weighted by molar-refractivity contribution is 6.42. The second-order valence-corrected chi connectivity index (χ2v) is 4.43. The fourth-order valence-electron chi connectivity index (χ4n) is 1.46. The summed E-state index contributed by atoms with van der Waals surface area (Å²) in [5, 5.41) is 4.16. The van der Waals surface area contributed by atoms with Gasteiger partial charge < -0.3 is 5.32 Å². The lowest BCUT2D eigenvalue weighted by atomic mass is 10.2. The number of rotatable bonds is 3. The smallest absolute Gasteiger partial charge is 0.123 e. The Morgan fingerprint density at radius 2 is 1.82 bits per heavy atom. The zero-order chi connectivity index (χ0) is 12.3. The van der Waals surface area contributed by atoms with Gasteiger partial charge in [0.1, 0.15) is 5.82 Å². The predicted octanol–water partition coefficient (Wildman–Crippen LogP) is 4.74. The van der Waals surface area contributed by atoms with E-state index in [0.29, 0.717) is 16.6 Å². The molecular weight excluding hydrogens is 260 g/mol. The van der Waals surface area contributed by atoms with E-state index in [4.69, 9.17) is 23.2 Å². The first-order valence-corrected chi connectivity index (χ1v) is 5.84. The Hall–Kier alpha value is -1.25. The third-order valence-corrected chi connectivity index (χ3v) is 3.04. The monoisotopic (exact) mass is 269 g/mol. The van der Waals surface area contributed by atoms with Gasteiger partial charge in [0.25, 0.3) is 0 Å². The molecule has 0 aliphatic heterocycles. The van der Waals surface area contributed by atoms with Gasteiger partial charge in [-0.15, -0.1) is 0 Å². The largest absolute Gasteiger partial charge is 0.381 e. The van der Waals surface area contributed by atoms with Crippen LogP contribution in [-0.2, 0) is 6.54 Å². The van der Waals surface area contributed by atoms with Crippen LogP contribution >= 0.6 is 23.2 Å². The maximum absolute atomic E-state index is 12.9. The van der Waals surface area contributed by atoms with Crippen molar-refractivity contribution >= 4 is 28.9 Å². The third-order valence-electron chi connectivity index (χ3n) is 2.31. The highest BCUT2D eigenvalue weighted by atomic mass is 35.5. The van der Waals surface area contributed by atoms with E-state index in [0.717, 1.165) is 11.3 Å². The molecule has 0 radical (unpaired) electrons. The molecule has 2 rings (SSSR count). The molecule has 0 amide bonds. The molecule has 4 heteroatoms. The van der Waals surface area contributed by atoms with E-state index in [2.05, 4.69) is 5.32 Å². The van der Waals surface area contributed by atoms with Gasteiger partial charge in [0.05, 0.1) is 10.0 Å². The molecule has 0 saturated heterocycles. The van der Waals surface area contributed by atoms with Gasteiger partial charge in [-0.25, -0.2) is 4.39 Å². The van der Waals surface area contributed by atoms with Gasteiger partial charge >= 0.3 is 0 Å². The van der Waals surface area contributed by atoms with Crippen LogP contribution in [-0.4, -0.2) is 0 Å². The van der Waals surface area contributed by atoms with Crippen molar-refractivity contribution < 1.29 is 4.39 Å². The van der Waals surface area contributed by atoms with Crippen LogP contribution in [0.15, 0.2) is 42.5 Å². The fourth-order valence-corrected chi connectivity index (χ4v) is 1.76. The van der Waals surface area contributed by atoms with Crippen LogP contribution in [0.5, 0.6) is 0 Å². The second-order valence-electron chi connectivity index (χ2n) is 3.61. The normalized spacial score (nSPS) is 10.3. The molecule has 0 fully saturated rings. The Kier molecular flexibility index (Phi) is 3.87. The average Bonchev–Trinajstić information content (AvgIpc) is 2.31. The van der Waals surface area contributed by atoms with Crippen LogP contribution in [0.1, 0.15) is 5.56 Å². The van der Waals surface area contributed by atoms with E-state index in [1.165, 1.54) is 12.1 Å². The Bertz CT molecular complexity index is 529. The third kappa shape index (κ3) is 3.35. The first-order chi connectivity index (χ1) is 8.15. The van der Waals surface area contributed by atoms with Crippen LogP contribution < -0.4 is 5.32 Å². The molecule has 0 bridgehead atoms. The quantitative estimate of drug-likeness (QED) is 0.849. The van der Waals surface area contributed by atoms with Crippen LogP contribution in [0.25, 0.3) is 0 Å². The van der Waals surface area contributed by atoms with Crippen molar-refractivity contribution in [3.8, 4) is 0 Å². The van der Waals surface area contributed by atoms with Gasteiger partial charge in [-0.3, -0.25) is 0 Å². The summed E-state index contributed by atoms with van der Waals surface area (Å²) < 4.78 is 12.9. The van der Waals surface area contributed by atoms with E-state index >= 15 is 0 Å². The van der Waals surface area contributed by atoms with Crippen LogP contribution in [0.3, 0.4) is 0 Å². The summed E-state index contributed by atoms with van der Waals surface area (Å²) >= 11 is 11.7. The molecule has 0 aliphatic rings. The minimum Gasteiger partial charge on any atom is -0.381 e. The average molecular weight is 270 g/mol. The van der Waals surface area contributed by atoms with E-state index in [-0.39, 0.29) is 5.82 Å². The molecule has 1 nitrogen and oxygen atoms in total. The summed E-state index contributed by atoms with van der Waals surface area (Å²) in [6.07, 6.45) is 0. The van der Waals surface area contributed by atoms with Crippen molar-refractivity contribution in [3.63, 3.8) is 0 Å². The Morgan fingerprint density at radius 3 is 2.53 bits per heavy atom. The molecule has 17 heavy (non-hydrogen) atoms. The van der Waals surface area contributed by atoms with Crippen molar-refractivity contribution in [2.45, 2.75) is 6.54 Å². The van der Waals surface area contributed by atoms with Crippen molar-refractivity contribution in [2.24, 2.45) is 0 Å². The SMILES string of the molecule is Fc1cccc(CNc2ccc(Cl)c(Cl)c2)c1.